The summed E-state index contributed by atoms with van der Waals surface area (Å²) in [6, 6.07) is 0.139. The molecule has 4 amide bonds. The van der Waals surface area contributed by atoms with Crippen LogP contribution in [0.2, 0.25) is 0 Å². The third-order valence-corrected chi connectivity index (χ3v) is 10.6. The molecular formula is C25H41N5O3S3. The molecule has 3 rings (SSSR count). The van der Waals surface area contributed by atoms with Crippen LogP contribution in [-0.2, 0) is 9.59 Å². The molecule has 3 aliphatic heterocycles. The van der Waals surface area contributed by atoms with Crippen LogP contribution >= 0.6 is 33.3 Å². The molecule has 3 heterocycles. The third kappa shape index (κ3) is 10.2. The Kier molecular flexibility index (Phi) is 12.8. The lowest BCUT2D eigenvalue weighted by molar-refractivity contribution is -0.121. The van der Waals surface area contributed by atoms with E-state index in [0.717, 1.165) is 87.6 Å². The van der Waals surface area contributed by atoms with Crippen molar-refractivity contribution in [3.8, 4) is 0 Å². The molecule has 2 saturated heterocycles. The largest absolute Gasteiger partial charge is 0.356 e. The molecule has 0 radical (unpaired) electrons. The second kappa shape index (κ2) is 15.8. The van der Waals surface area contributed by atoms with E-state index in [0.29, 0.717) is 18.1 Å². The van der Waals surface area contributed by atoms with E-state index in [-0.39, 0.29) is 29.4 Å². The number of nitrogens with zero attached hydrogens (tertiary/aromatic N) is 1. The SMILES string of the molecule is C[C@]12CSC(CCCCC(=O)NCCCCCCNC(=O)CCSSC3=NCCC=C3)[C@H]1NC(=O)N2. The van der Waals surface area contributed by atoms with Gasteiger partial charge < -0.3 is 21.3 Å². The van der Waals surface area contributed by atoms with Crippen molar-refractivity contribution in [1.29, 1.82) is 0 Å². The molecule has 4 N–H and O–H groups in total. The van der Waals surface area contributed by atoms with Crippen LogP contribution in [0.4, 0.5) is 4.79 Å². The van der Waals surface area contributed by atoms with Gasteiger partial charge in [0, 0.05) is 49.2 Å². The number of hydrogen-bond donors (Lipinski definition) is 4. The molecule has 0 aromatic heterocycles. The number of urea groups is 1. The van der Waals surface area contributed by atoms with E-state index < -0.39 is 0 Å². The van der Waals surface area contributed by atoms with Crippen molar-refractivity contribution in [3.63, 3.8) is 0 Å². The highest BCUT2D eigenvalue weighted by molar-refractivity contribution is 8.82. The van der Waals surface area contributed by atoms with Gasteiger partial charge in [0.15, 0.2) is 0 Å². The first-order chi connectivity index (χ1) is 17.5. The summed E-state index contributed by atoms with van der Waals surface area (Å²) >= 11 is 1.92. The molecule has 1 unspecified atom stereocenters. The second-order valence-electron chi connectivity index (χ2n) is 9.77. The Morgan fingerprint density at radius 3 is 2.58 bits per heavy atom. The fourth-order valence-electron chi connectivity index (χ4n) is 4.57. The number of amides is 4. The summed E-state index contributed by atoms with van der Waals surface area (Å²) in [5, 5.41) is 13.6. The summed E-state index contributed by atoms with van der Waals surface area (Å²) in [7, 11) is 3.33. The van der Waals surface area contributed by atoms with E-state index in [1.54, 1.807) is 21.6 Å². The summed E-state index contributed by atoms with van der Waals surface area (Å²) in [4.78, 5) is 40.1. The monoisotopic (exact) mass is 555 g/mol. The van der Waals surface area contributed by atoms with Crippen LogP contribution in [0.15, 0.2) is 17.1 Å². The van der Waals surface area contributed by atoms with Crippen LogP contribution in [0, 0.1) is 0 Å². The van der Waals surface area contributed by atoms with Gasteiger partial charge in [0.25, 0.3) is 0 Å². The van der Waals surface area contributed by atoms with Crippen molar-refractivity contribution in [3.05, 3.63) is 12.2 Å². The van der Waals surface area contributed by atoms with E-state index in [2.05, 4.69) is 45.3 Å². The maximum absolute atomic E-state index is 12.1. The summed E-state index contributed by atoms with van der Waals surface area (Å²) in [6.45, 7) is 4.42. The molecule has 0 aromatic carbocycles. The van der Waals surface area contributed by atoms with Crippen molar-refractivity contribution >= 4 is 56.2 Å². The van der Waals surface area contributed by atoms with Gasteiger partial charge in [-0.15, -0.1) is 0 Å². The molecular weight excluding hydrogens is 515 g/mol. The Morgan fingerprint density at radius 1 is 1.11 bits per heavy atom. The zero-order valence-electron chi connectivity index (χ0n) is 21.3. The number of thioether (sulfide) groups is 1. The van der Waals surface area contributed by atoms with E-state index in [4.69, 9.17) is 0 Å². The molecule has 11 heteroatoms. The zero-order valence-corrected chi connectivity index (χ0v) is 23.8. The number of aliphatic imine (C=N–C) groups is 1. The van der Waals surface area contributed by atoms with Crippen molar-refractivity contribution < 1.29 is 14.4 Å². The van der Waals surface area contributed by atoms with E-state index in [1.165, 1.54) is 0 Å². The first-order valence-corrected chi connectivity index (χ1v) is 16.6. The fraction of sp³-hybridized carbons (Fsp3) is 0.760. The standard InChI is InChI=1S/C25H41N5O3S3/c1-25-18-34-19(23(25)29-24(33)30-25)10-4-5-11-20(31)26-14-7-2-3-8-15-27-21(32)13-17-35-36-22-12-6-9-16-28-22/h6,12,19,23H,2-5,7-11,13-18H2,1H3,(H,26,31)(H,27,32)(H2,29,30,33)/t19?,23-,25+/m1/s1. The average Bonchev–Trinajstić information content (AvgIpc) is 3.33. The van der Waals surface area contributed by atoms with Crippen molar-refractivity contribution in [2.45, 2.75) is 88.0 Å². The molecule has 0 saturated carbocycles. The van der Waals surface area contributed by atoms with Gasteiger partial charge in [-0.3, -0.25) is 14.6 Å². The minimum Gasteiger partial charge on any atom is -0.356 e. The van der Waals surface area contributed by atoms with Crippen LogP contribution in [0.3, 0.4) is 0 Å². The fourth-order valence-corrected chi connectivity index (χ4v) is 8.23. The lowest BCUT2D eigenvalue weighted by atomic mass is 9.92. The smallest absolute Gasteiger partial charge is 0.315 e. The lowest BCUT2D eigenvalue weighted by Crippen LogP contribution is -2.47. The Morgan fingerprint density at radius 2 is 1.86 bits per heavy atom. The van der Waals surface area contributed by atoms with Crippen LogP contribution in [-0.4, -0.2) is 70.9 Å². The van der Waals surface area contributed by atoms with Gasteiger partial charge in [-0.1, -0.05) is 36.1 Å². The second-order valence-corrected chi connectivity index (χ2v) is 13.4. The normalized spacial score (nSPS) is 24.6. The topological polar surface area (TPSA) is 112 Å². The van der Waals surface area contributed by atoms with Gasteiger partial charge in [0.05, 0.1) is 11.6 Å². The molecule has 0 aromatic rings. The number of fused-ring (bicyclic) bond motifs is 1. The molecule has 0 bridgehead atoms. The zero-order chi connectivity index (χ0) is 25.6. The van der Waals surface area contributed by atoms with Crippen molar-refractivity contribution in [2.24, 2.45) is 4.99 Å². The first kappa shape index (κ1) is 29.2. The number of carbonyl (C=O) groups excluding carboxylic acids is 3. The minimum absolute atomic E-state index is 0.0553. The number of carbonyl (C=O) groups is 3. The van der Waals surface area contributed by atoms with Crippen molar-refractivity contribution in [2.75, 3.05) is 31.1 Å². The maximum atomic E-state index is 12.1. The Hall–Kier alpha value is -1.33. The van der Waals surface area contributed by atoms with Crippen LogP contribution in [0.5, 0.6) is 0 Å². The number of dihydropyridines is 1. The quantitative estimate of drug-likeness (QED) is 0.130. The van der Waals surface area contributed by atoms with Gasteiger partial charge in [0.1, 0.15) is 5.04 Å². The van der Waals surface area contributed by atoms with Crippen LogP contribution < -0.4 is 21.3 Å². The number of unbranched alkanes of at least 4 members (excludes halogenated alkanes) is 4. The predicted octanol–water partition coefficient (Wildman–Crippen LogP) is 4.03. The molecule has 2 fully saturated rings. The summed E-state index contributed by atoms with van der Waals surface area (Å²) in [5.74, 6) is 1.98. The lowest BCUT2D eigenvalue weighted by Gasteiger charge is -2.23. The predicted molar refractivity (Wildman–Crippen MR) is 154 cm³/mol. The summed E-state index contributed by atoms with van der Waals surface area (Å²) < 4.78 is 0. The van der Waals surface area contributed by atoms with Gasteiger partial charge >= 0.3 is 6.03 Å². The average molecular weight is 556 g/mol. The molecule has 3 aliphatic rings. The highest BCUT2D eigenvalue weighted by Gasteiger charge is 2.51. The van der Waals surface area contributed by atoms with E-state index >= 15 is 0 Å². The Labute approximate surface area is 227 Å². The summed E-state index contributed by atoms with van der Waals surface area (Å²) in [5.41, 5.74) is -0.129. The third-order valence-electron chi connectivity index (χ3n) is 6.61. The molecule has 202 valence electrons. The highest BCUT2D eigenvalue weighted by atomic mass is 33.1. The number of rotatable bonds is 16. The molecule has 8 nitrogen and oxygen atoms in total. The van der Waals surface area contributed by atoms with E-state index in [1.807, 2.05) is 11.8 Å². The molecule has 0 spiro atoms. The van der Waals surface area contributed by atoms with Gasteiger partial charge in [-0.2, -0.15) is 11.8 Å². The van der Waals surface area contributed by atoms with Gasteiger partial charge in [-0.05, 0) is 55.9 Å². The Balaban J connectivity index is 1.07. The van der Waals surface area contributed by atoms with Crippen LogP contribution in [0.25, 0.3) is 0 Å². The van der Waals surface area contributed by atoms with Crippen LogP contribution in [0.1, 0.15) is 71.1 Å². The van der Waals surface area contributed by atoms with Gasteiger partial charge in [0.2, 0.25) is 11.8 Å². The molecule has 3 atom stereocenters. The number of nitrogens with one attached hydrogen (secondary N) is 4. The van der Waals surface area contributed by atoms with E-state index in [9.17, 15) is 14.4 Å². The highest BCUT2D eigenvalue weighted by Crippen LogP contribution is 2.39. The number of hydrogen-bond acceptors (Lipinski definition) is 7. The first-order valence-electron chi connectivity index (χ1n) is 13.2. The molecule has 36 heavy (non-hydrogen) atoms. The summed E-state index contributed by atoms with van der Waals surface area (Å²) in [6.07, 6.45) is 13.3. The Bertz CT molecular complexity index is 810. The van der Waals surface area contributed by atoms with Gasteiger partial charge in [-0.25, -0.2) is 4.79 Å². The minimum atomic E-state index is -0.129. The molecule has 0 aliphatic carbocycles. The van der Waals surface area contributed by atoms with Crippen molar-refractivity contribution in [1.82, 2.24) is 21.3 Å². The maximum Gasteiger partial charge on any atom is 0.315 e.